The van der Waals surface area contributed by atoms with Crippen molar-refractivity contribution in [3.63, 3.8) is 0 Å². The number of phenols is 1. The van der Waals surface area contributed by atoms with Gasteiger partial charge in [-0.25, -0.2) is 0 Å². The number of benzene rings is 1. The number of aromatic hydroxyl groups is 1. The molecule has 18 heavy (non-hydrogen) atoms. The quantitative estimate of drug-likeness (QED) is 0.696. The van der Waals surface area contributed by atoms with Gasteiger partial charge in [-0.2, -0.15) is 0 Å². The molecule has 3 rings (SSSR count). The van der Waals surface area contributed by atoms with Gasteiger partial charge in [-0.3, -0.25) is 4.79 Å². The van der Waals surface area contributed by atoms with Crippen molar-refractivity contribution in [1.29, 1.82) is 0 Å². The molecule has 1 aromatic carbocycles. The van der Waals surface area contributed by atoms with E-state index >= 15 is 0 Å². The van der Waals surface area contributed by atoms with Crippen LogP contribution in [-0.4, -0.2) is 23.6 Å². The van der Waals surface area contributed by atoms with Crippen molar-refractivity contribution < 1.29 is 9.90 Å². The van der Waals surface area contributed by atoms with Crippen molar-refractivity contribution in [3.05, 3.63) is 24.3 Å². The second kappa shape index (κ2) is 4.61. The number of amides is 1. The molecule has 1 amide bonds. The van der Waals surface area contributed by atoms with Crippen molar-refractivity contribution in [2.75, 3.05) is 11.9 Å². The predicted molar refractivity (Wildman–Crippen MR) is 69.4 cm³/mol. The van der Waals surface area contributed by atoms with Gasteiger partial charge in [-0.05, 0) is 43.4 Å². The Kier molecular flexibility index (Phi) is 2.96. The summed E-state index contributed by atoms with van der Waals surface area (Å²) in [5.74, 6) is 1.22. The van der Waals surface area contributed by atoms with E-state index in [2.05, 4.69) is 10.6 Å². The van der Waals surface area contributed by atoms with Crippen LogP contribution in [0.4, 0.5) is 5.69 Å². The third kappa shape index (κ3) is 1.97. The average molecular weight is 246 g/mol. The maximum atomic E-state index is 12.2. The molecule has 0 spiro atoms. The zero-order chi connectivity index (χ0) is 12.5. The number of para-hydroxylation sites is 2. The SMILES string of the molecule is O=C(Nc1ccccc1O)C1NCC2CCCC21. The van der Waals surface area contributed by atoms with Gasteiger partial charge >= 0.3 is 0 Å². The molecule has 3 atom stereocenters. The van der Waals surface area contributed by atoms with E-state index in [1.807, 2.05) is 0 Å². The third-order valence-electron chi connectivity index (χ3n) is 4.19. The summed E-state index contributed by atoms with van der Waals surface area (Å²) in [5, 5.41) is 15.8. The fourth-order valence-electron chi connectivity index (χ4n) is 3.26. The first kappa shape index (κ1) is 11.5. The number of hydrogen-bond acceptors (Lipinski definition) is 3. The van der Waals surface area contributed by atoms with Gasteiger partial charge in [0.15, 0.2) is 0 Å². The molecular formula is C14H18N2O2. The van der Waals surface area contributed by atoms with E-state index in [0.717, 1.165) is 13.0 Å². The summed E-state index contributed by atoms with van der Waals surface area (Å²) in [6, 6.07) is 6.74. The number of rotatable bonds is 2. The van der Waals surface area contributed by atoms with Gasteiger partial charge in [0.05, 0.1) is 11.7 Å². The van der Waals surface area contributed by atoms with E-state index in [1.54, 1.807) is 24.3 Å². The Hall–Kier alpha value is -1.55. The molecule has 0 aromatic heterocycles. The van der Waals surface area contributed by atoms with Crippen molar-refractivity contribution in [3.8, 4) is 5.75 Å². The van der Waals surface area contributed by atoms with E-state index in [1.165, 1.54) is 12.8 Å². The van der Waals surface area contributed by atoms with E-state index in [9.17, 15) is 9.90 Å². The molecule has 1 aliphatic heterocycles. The largest absolute Gasteiger partial charge is 0.506 e. The van der Waals surface area contributed by atoms with Crippen LogP contribution in [0.1, 0.15) is 19.3 Å². The van der Waals surface area contributed by atoms with Crippen LogP contribution >= 0.6 is 0 Å². The van der Waals surface area contributed by atoms with Gasteiger partial charge in [-0.1, -0.05) is 18.6 Å². The Balaban J connectivity index is 1.70. The summed E-state index contributed by atoms with van der Waals surface area (Å²) < 4.78 is 0. The Bertz CT molecular complexity index is 461. The Morgan fingerprint density at radius 1 is 1.33 bits per heavy atom. The molecule has 3 unspecified atom stereocenters. The van der Waals surface area contributed by atoms with Crippen LogP contribution in [0.2, 0.25) is 0 Å². The molecule has 0 radical (unpaired) electrons. The number of hydrogen-bond donors (Lipinski definition) is 3. The first-order valence-corrected chi connectivity index (χ1v) is 6.58. The smallest absolute Gasteiger partial charge is 0.241 e. The number of anilines is 1. The van der Waals surface area contributed by atoms with Crippen LogP contribution < -0.4 is 10.6 Å². The van der Waals surface area contributed by atoms with Crippen LogP contribution in [0.15, 0.2) is 24.3 Å². The molecule has 4 heteroatoms. The van der Waals surface area contributed by atoms with Crippen molar-refractivity contribution in [1.82, 2.24) is 5.32 Å². The summed E-state index contributed by atoms with van der Waals surface area (Å²) in [7, 11) is 0. The minimum Gasteiger partial charge on any atom is -0.506 e. The monoisotopic (exact) mass is 246 g/mol. The summed E-state index contributed by atoms with van der Waals surface area (Å²) in [5.41, 5.74) is 0.491. The minimum absolute atomic E-state index is 0.0223. The zero-order valence-electron chi connectivity index (χ0n) is 10.2. The Morgan fingerprint density at radius 3 is 3.00 bits per heavy atom. The number of carbonyl (C=O) groups excluding carboxylic acids is 1. The second-order valence-corrected chi connectivity index (χ2v) is 5.25. The number of nitrogens with one attached hydrogen (secondary N) is 2. The summed E-state index contributed by atoms with van der Waals surface area (Å²) in [6.07, 6.45) is 3.60. The van der Waals surface area contributed by atoms with Gasteiger partial charge < -0.3 is 15.7 Å². The highest BCUT2D eigenvalue weighted by atomic mass is 16.3. The van der Waals surface area contributed by atoms with Gasteiger partial charge in [0.2, 0.25) is 5.91 Å². The van der Waals surface area contributed by atoms with Crippen LogP contribution in [0.5, 0.6) is 5.75 Å². The van der Waals surface area contributed by atoms with Gasteiger partial charge in [0.25, 0.3) is 0 Å². The van der Waals surface area contributed by atoms with Crippen molar-refractivity contribution in [2.24, 2.45) is 11.8 Å². The molecule has 1 saturated heterocycles. The lowest BCUT2D eigenvalue weighted by atomic mass is 9.93. The first-order valence-electron chi connectivity index (χ1n) is 6.58. The molecule has 1 heterocycles. The standard InChI is InChI=1S/C14H18N2O2/c17-12-7-2-1-6-11(12)16-14(18)13-10-5-3-4-9(10)8-15-13/h1-2,6-7,9-10,13,15,17H,3-5,8H2,(H,16,18). The van der Waals surface area contributed by atoms with E-state index < -0.39 is 0 Å². The van der Waals surface area contributed by atoms with Crippen molar-refractivity contribution in [2.45, 2.75) is 25.3 Å². The fourth-order valence-corrected chi connectivity index (χ4v) is 3.26. The molecule has 4 nitrogen and oxygen atoms in total. The highest BCUT2D eigenvalue weighted by molar-refractivity contribution is 5.96. The van der Waals surface area contributed by atoms with E-state index in [-0.39, 0.29) is 17.7 Å². The predicted octanol–water partition coefficient (Wildman–Crippen LogP) is 1.72. The Labute approximate surface area is 106 Å². The lowest BCUT2D eigenvalue weighted by Gasteiger charge is -2.18. The molecule has 0 bridgehead atoms. The van der Waals surface area contributed by atoms with E-state index in [0.29, 0.717) is 17.5 Å². The lowest BCUT2D eigenvalue weighted by Crippen LogP contribution is -2.39. The topological polar surface area (TPSA) is 61.4 Å². The number of phenolic OH excluding ortho intramolecular Hbond substituents is 1. The lowest BCUT2D eigenvalue weighted by molar-refractivity contribution is -0.118. The molecule has 2 aliphatic rings. The maximum absolute atomic E-state index is 12.2. The summed E-state index contributed by atoms with van der Waals surface area (Å²) >= 11 is 0. The highest BCUT2D eigenvalue weighted by Gasteiger charge is 2.42. The molecule has 1 aromatic rings. The summed E-state index contributed by atoms with van der Waals surface area (Å²) in [4.78, 5) is 12.2. The fraction of sp³-hybridized carbons (Fsp3) is 0.500. The maximum Gasteiger partial charge on any atom is 0.241 e. The average Bonchev–Trinajstić information content (AvgIpc) is 2.93. The van der Waals surface area contributed by atoms with Crippen LogP contribution in [0.3, 0.4) is 0 Å². The molecule has 96 valence electrons. The molecule has 3 N–H and O–H groups in total. The molecule has 1 aliphatic carbocycles. The molecule has 2 fully saturated rings. The number of carbonyl (C=O) groups is 1. The molecular weight excluding hydrogens is 228 g/mol. The van der Waals surface area contributed by atoms with Gasteiger partial charge in [-0.15, -0.1) is 0 Å². The Morgan fingerprint density at radius 2 is 2.17 bits per heavy atom. The third-order valence-corrected chi connectivity index (χ3v) is 4.19. The first-order chi connectivity index (χ1) is 8.75. The highest BCUT2D eigenvalue weighted by Crippen LogP contribution is 2.38. The summed E-state index contributed by atoms with van der Waals surface area (Å²) in [6.45, 7) is 0.948. The van der Waals surface area contributed by atoms with Gasteiger partial charge in [0, 0.05) is 0 Å². The zero-order valence-corrected chi connectivity index (χ0v) is 10.2. The van der Waals surface area contributed by atoms with Crippen LogP contribution in [-0.2, 0) is 4.79 Å². The van der Waals surface area contributed by atoms with Crippen LogP contribution in [0.25, 0.3) is 0 Å². The molecule has 1 saturated carbocycles. The van der Waals surface area contributed by atoms with Crippen LogP contribution in [0, 0.1) is 11.8 Å². The second-order valence-electron chi connectivity index (χ2n) is 5.25. The normalized spacial score (nSPS) is 30.1. The van der Waals surface area contributed by atoms with Crippen molar-refractivity contribution >= 4 is 11.6 Å². The van der Waals surface area contributed by atoms with E-state index in [4.69, 9.17) is 0 Å². The van der Waals surface area contributed by atoms with Gasteiger partial charge in [0.1, 0.15) is 5.75 Å². The minimum atomic E-state index is -0.0999. The number of fused-ring (bicyclic) bond motifs is 1.